The molecule has 0 radical (unpaired) electrons. The van der Waals surface area contributed by atoms with Crippen LogP contribution in [0.3, 0.4) is 0 Å². The van der Waals surface area contributed by atoms with Crippen molar-refractivity contribution in [2.45, 2.75) is 51.1 Å². The van der Waals surface area contributed by atoms with Crippen LogP contribution in [0.25, 0.3) is 0 Å². The lowest BCUT2D eigenvalue weighted by Crippen LogP contribution is -2.52. The first-order valence-corrected chi connectivity index (χ1v) is 20.3. The number of likely N-dealkylation sites (N-methyl/N-ethyl adjacent to an activating group) is 1. The van der Waals surface area contributed by atoms with Crippen molar-refractivity contribution in [2.24, 2.45) is 5.92 Å². The molecule has 3 unspecified atom stereocenters. The number of likely N-dealkylation sites (tertiary alicyclic amines) is 1. The predicted molar refractivity (Wildman–Crippen MR) is 215 cm³/mol. The zero-order chi connectivity index (χ0) is 40.9. The van der Waals surface area contributed by atoms with Gasteiger partial charge in [-0.2, -0.15) is 0 Å². The molecule has 58 heavy (non-hydrogen) atoms. The van der Waals surface area contributed by atoms with E-state index in [2.05, 4.69) is 31.3 Å². The summed E-state index contributed by atoms with van der Waals surface area (Å²) in [6, 6.07) is 14.4. The number of quaternary nitrogens is 2. The third-order valence-electron chi connectivity index (χ3n) is 12.4. The normalized spacial score (nSPS) is 21.0. The average molecular weight is 803 g/mol. The fraction of sp³-hybridized carbons (Fsp3) is 0.511. The Morgan fingerprint density at radius 3 is 2.10 bits per heavy atom. The second-order valence-corrected chi connectivity index (χ2v) is 16.0. The van der Waals surface area contributed by atoms with Crippen molar-refractivity contribution in [1.29, 1.82) is 0 Å². The summed E-state index contributed by atoms with van der Waals surface area (Å²) in [6.45, 7) is 6.50. The summed E-state index contributed by atoms with van der Waals surface area (Å²) in [4.78, 5) is 25.9. The highest BCUT2D eigenvalue weighted by molar-refractivity contribution is 6.03. The molecule has 0 spiro atoms. The van der Waals surface area contributed by atoms with Gasteiger partial charge < -0.3 is 51.6 Å². The number of methoxy groups -OCH3 is 5. The molecular formula is C45H58N2O11+2. The highest BCUT2D eigenvalue weighted by Crippen LogP contribution is 2.45. The molecule has 3 aliphatic heterocycles. The standard InChI is InChI=1S/C45H58N2O11/c1-46(18-13-32-25-38(50-2)39(51-3)27-33(32)36(46)21-31-23-41(52-4)43(54-6)42(24-31)53-5)14-9-19-55-44(48)34-26-35(34)45(49)56-20-10-17-47(15-7-8-16-47)28-30-11-12-37-40(22-30)58-29-57-37/h11-12,22-27,34,36H,7-10,13-21,28-29H2,1-6H3/q+2. The van der Waals surface area contributed by atoms with E-state index in [0.29, 0.717) is 58.3 Å². The fourth-order valence-corrected chi connectivity index (χ4v) is 9.16. The molecule has 312 valence electrons. The van der Waals surface area contributed by atoms with Crippen LogP contribution in [-0.4, -0.2) is 116 Å². The van der Waals surface area contributed by atoms with Crippen LogP contribution in [0.5, 0.6) is 40.2 Å². The Bertz CT molecular complexity index is 1980. The lowest BCUT2D eigenvalue weighted by Gasteiger charge is -2.46. The Morgan fingerprint density at radius 1 is 0.724 bits per heavy atom. The van der Waals surface area contributed by atoms with Gasteiger partial charge in [0.2, 0.25) is 12.5 Å². The highest BCUT2D eigenvalue weighted by atomic mass is 16.7. The van der Waals surface area contributed by atoms with Crippen LogP contribution < -0.4 is 33.2 Å². The molecule has 7 rings (SSSR count). The van der Waals surface area contributed by atoms with E-state index in [1.165, 1.54) is 29.5 Å². The van der Waals surface area contributed by atoms with Gasteiger partial charge in [0.05, 0.1) is 94.1 Å². The molecule has 0 aromatic heterocycles. The largest absolute Gasteiger partial charge is 0.493 e. The molecule has 0 amide bonds. The summed E-state index contributed by atoms with van der Waals surface area (Å²) < 4.78 is 52.5. The number of hydrogen-bond donors (Lipinski definition) is 0. The van der Waals surface area contributed by atoms with Crippen LogP contribution in [0.4, 0.5) is 0 Å². The Morgan fingerprint density at radius 2 is 1.40 bits per heavy atom. The van der Waals surface area contributed by atoms with Gasteiger partial charge in [0.25, 0.3) is 0 Å². The van der Waals surface area contributed by atoms with E-state index in [4.69, 9.17) is 42.6 Å². The number of carbonyl (C=O) groups excluding carboxylic acids is 2. The quantitative estimate of drug-likeness (QED) is 0.0810. The molecule has 0 saturated carbocycles. The minimum absolute atomic E-state index is 0.0413. The average Bonchev–Trinajstić information content (AvgIpc) is 3.69. The molecule has 3 heterocycles. The van der Waals surface area contributed by atoms with Gasteiger partial charge in [-0.1, -0.05) is 6.08 Å². The van der Waals surface area contributed by atoms with Crippen molar-refractivity contribution in [1.82, 2.24) is 0 Å². The number of fused-ring (bicyclic) bond motifs is 2. The number of ether oxygens (including phenoxy) is 9. The molecule has 4 aliphatic rings. The molecule has 0 N–H and O–H groups in total. The van der Waals surface area contributed by atoms with E-state index in [1.807, 2.05) is 18.2 Å². The Balaban J connectivity index is 0.912. The van der Waals surface area contributed by atoms with Crippen molar-refractivity contribution in [2.75, 3.05) is 95.3 Å². The summed E-state index contributed by atoms with van der Waals surface area (Å²) in [6.07, 6.45) is 6.96. The zero-order valence-corrected chi connectivity index (χ0v) is 34.8. The number of rotatable bonds is 19. The Hall–Kier alpha value is -5.14. The fourth-order valence-electron chi connectivity index (χ4n) is 9.16. The molecule has 13 heteroatoms. The van der Waals surface area contributed by atoms with E-state index in [-0.39, 0.29) is 19.4 Å². The van der Waals surface area contributed by atoms with E-state index < -0.39 is 17.9 Å². The van der Waals surface area contributed by atoms with Crippen LogP contribution in [0.1, 0.15) is 54.0 Å². The van der Waals surface area contributed by atoms with Crippen molar-refractivity contribution < 1.29 is 61.2 Å². The molecule has 3 aromatic carbocycles. The van der Waals surface area contributed by atoms with Crippen LogP contribution in [-0.2, 0) is 38.4 Å². The number of hydrogen-bond acceptors (Lipinski definition) is 11. The summed E-state index contributed by atoms with van der Waals surface area (Å²) in [5, 5.41) is 0. The van der Waals surface area contributed by atoms with Crippen molar-refractivity contribution in [3.8, 4) is 40.2 Å². The van der Waals surface area contributed by atoms with E-state index in [0.717, 1.165) is 73.7 Å². The maximum Gasteiger partial charge on any atom is 0.334 e. The van der Waals surface area contributed by atoms with Crippen molar-refractivity contribution >= 4 is 11.9 Å². The SMILES string of the molecule is COc1cc2c(cc1OC)C(Cc1cc(OC)c(OC)c(OC)c1)[N+](C)(CCCOC(=O)C1C=C1C(=O)OCCC[N+]1(Cc3ccc4c(c3)OCO4)CCCC1)CC2. The molecule has 0 bridgehead atoms. The smallest absolute Gasteiger partial charge is 0.334 e. The number of esters is 2. The van der Waals surface area contributed by atoms with Crippen molar-refractivity contribution in [3.05, 3.63) is 76.4 Å². The van der Waals surface area contributed by atoms with Gasteiger partial charge in [0.1, 0.15) is 18.5 Å². The zero-order valence-electron chi connectivity index (χ0n) is 34.8. The summed E-state index contributed by atoms with van der Waals surface area (Å²) >= 11 is 0. The van der Waals surface area contributed by atoms with Crippen LogP contribution >= 0.6 is 0 Å². The molecule has 3 aromatic rings. The van der Waals surface area contributed by atoms with Crippen molar-refractivity contribution in [3.63, 3.8) is 0 Å². The van der Waals surface area contributed by atoms with Crippen LogP contribution in [0, 0.1) is 5.92 Å². The van der Waals surface area contributed by atoms with Gasteiger partial charge in [0, 0.05) is 49.7 Å². The van der Waals surface area contributed by atoms with Gasteiger partial charge in [0.15, 0.2) is 34.5 Å². The van der Waals surface area contributed by atoms with Crippen LogP contribution in [0.15, 0.2) is 54.1 Å². The van der Waals surface area contributed by atoms with Gasteiger partial charge in [-0.15, -0.1) is 0 Å². The molecule has 1 fully saturated rings. The number of nitrogens with zero attached hydrogens (tertiary/aromatic N) is 2. The summed E-state index contributed by atoms with van der Waals surface area (Å²) in [7, 11) is 10.4. The Labute approximate surface area is 341 Å². The van der Waals surface area contributed by atoms with E-state index >= 15 is 0 Å². The maximum absolute atomic E-state index is 13.0. The van der Waals surface area contributed by atoms with Gasteiger partial charge in [-0.25, -0.2) is 4.79 Å². The molecule has 3 atom stereocenters. The first-order valence-electron chi connectivity index (χ1n) is 20.3. The van der Waals surface area contributed by atoms with Gasteiger partial charge in [-0.05, 0) is 53.6 Å². The third kappa shape index (κ3) is 8.80. The maximum atomic E-state index is 13.0. The monoisotopic (exact) mass is 802 g/mol. The first kappa shape index (κ1) is 41.0. The summed E-state index contributed by atoms with van der Waals surface area (Å²) in [5.41, 5.74) is 5.05. The van der Waals surface area contributed by atoms with E-state index in [9.17, 15) is 9.59 Å². The Kier molecular flexibility index (Phi) is 12.6. The summed E-state index contributed by atoms with van der Waals surface area (Å²) in [5.74, 6) is 3.25. The predicted octanol–water partition coefficient (Wildman–Crippen LogP) is 5.98. The topological polar surface area (TPSA) is 117 Å². The first-order chi connectivity index (χ1) is 28.1. The van der Waals surface area contributed by atoms with E-state index in [1.54, 1.807) is 41.6 Å². The third-order valence-corrected chi connectivity index (χ3v) is 12.4. The molecular weight excluding hydrogens is 744 g/mol. The molecule has 1 saturated heterocycles. The number of benzene rings is 3. The van der Waals surface area contributed by atoms with Crippen LogP contribution in [0.2, 0.25) is 0 Å². The van der Waals surface area contributed by atoms with Gasteiger partial charge >= 0.3 is 11.9 Å². The minimum Gasteiger partial charge on any atom is -0.493 e. The second-order valence-electron chi connectivity index (χ2n) is 16.0. The second kappa shape index (κ2) is 17.8. The molecule has 13 nitrogen and oxygen atoms in total. The lowest BCUT2D eigenvalue weighted by atomic mass is 9.86. The molecule has 1 aliphatic carbocycles. The lowest BCUT2D eigenvalue weighted by molar-refractivity contribution is -0.941. The number of carbonyl (C=O) groups is 2. The highest BCUT2D eigenvalue weighted by Gasteiger charge is 2.42. The minimum atomic E-state index is -0.641. The van der Waals surface area contributed by atoms with Gasteiger partial charge in [-0.3, -0.25) is 4.79 Å².